The predicted molar refractivity (Wildman–Crippen MR) is 53.8 cm³/mol. The van der Waals surface area contributed by atoms with Gasteiger partial charge >= 0.3 is 5.97 Å². The van der Waals surface area contributed by atoms with E-state index in [0.717, 1.165) is 0 Å². The Kier molecular flexibility index (Phi) is 3.44. The Balaban J connectivity index is 2.87. The van der Waals surface area contributed by atoms with Crippen LogP contribution in [0.1, 0.15) is 18.1 Å². The van der Waals surface area contributed by atoms with Crippen LogP contribution in [0.2, 0.25) is 0 Å². The van der Waals surface area contributed by atoms with Gasteiger partial charge in [0.1, 0.15) is 11.5 Å². The molecular formula is C11H12O4. The number of phenolic OH excluding ortho intramolecular Hbond substituents is 1. The average Bonchev–Trinajstić information content (AvgIpc) is 2.08. The van der Waals surface area contributed by atoms with Gasteiger partial charge in [-0.1, -0.05) is 12.1 Å². The molecule has 0 aliphatic rings. The van der Waals surface area contributed by atoms with E-state index in [0.29, 0.717) is 11.1 Å². The van der Waals surface area contributed by atoms with Crippen molar-refractivity contribution in [1.82, 2.24) is 0 Å². The van der Waals surface area contributed by atoms with Crippen LogP contribution in [0.3, 0.4) is 0 Å². The van der Waals surface area contributed by atoms with Crippen molar-refractivity contribution in [2.45, 2.75) is 19.8 Å². The molecule has 1 aromatic rings. The SMILES string of the molecule is CC(=O)Cc1ccc(CC(=O)O)c(O)c1. The molecule has 0 unspecified atom stereocenters. The van der Waals surface area contributed by atoms with Crippen molar-refractivity contribution < 1.29 is 19.8 Å². The summed E-state index contributed by atoms with van der Waals surface area (Å²) in [5.74, 6) is -1.07. The van der Waals surface area contributed by atoms with Gasteiger partial charge in [-0.15, -0.1) is 0 Å². The van der Waals surface area contributed by atoms with Crippen molar-refractivity contribution >= 4 is 11.8 Å². The second-order valence-electron chi connectivity index (χ2n) is 3.41. The zero-order valence-electron chi connectivity index (χ0n) is 8.36. The molecule has 0 atom stereocenters. The molecule has 0 bridgehead atoms. The van der Waals surface area contributed by atoms with Crippen LogP contribution in [-0.2, 0) is 22.4 Å². The summed E-state index contributed by atoms with van der Waals surface area (Å²) in [6, 6.07) is 4.61. The summed E-state index contributed by atoms with van der Waals surface area (Å²) >= 11 is 0. The molecule has 0 radical (unpaired) electrons. The summed E-state index contributed by atoms with van der Waals surface area (Å²) in [7, 11) is 0. The molecule has 0 heterocycles. The molecule has 0 aliphatic heterocycles. The predicted octanol–water partition coefficient (Wildman–Crippen LogP) is 1.15. The van der Waals surface area contributed by atoms with Gasteiger partial charge in [-0.05, 0) is 18.6 Å². The number of benzene rings is 1. The molecule has 1 aromatic carbocycles. The first kappa shape index (κ1) is 11.2. The minimum absolute atomic E-state index is 0.000356. The highest BCUT2D eigenvalue weighted by molar-refractivity contribution is 5.78. The van der Waals surface area contributed by atoms with Crippen LogP contribution in [-0.4, -0.2) is 22.0 Å². The molecule has 15 heavy (non-hydrogen) atoms. The summed E-state index contributed by atoms with van der Waals surface area (Å²) in [6.07, 6.45) is 0.0348. The van der Waals surface area contributed by atoms with Crippen LogP contribution in [0.15, 0.2) is 18.2 Å². The van der Waals surface area contributed by atoms with Crippen LogP contribution >= 0.6 is 0 Å². The molecule has 4 heteroatoms. The van der Waals surface area contributed by atoms with Crippen molar-refractivity contribution in [3.63, 3.8) is 0 Å². The van der Waals surface area contributed by atoms with Gasteiger partial charge in [0, 0.05) is 12.0 Å². The molecule has 0 saturated heterocycles. The van der Waals surface area contributed by atoms with Crippen LogP contribution in [0.4, 0.5) is 0 Å². The number of carbonyl (C=O) groups is 2. The largest absolute Gasteiger partial charge is 0.508 e. The van der Waals surface area contributed by atoms with E-state index in [1.807, 2.05) is 0 Å². The minimum Gasteiger partial charge on any atom is -0.508 e. The quantitative estimate of drug-likeness (QED) is 0.778. The number of carboxylic acid groups (broad SMARTS) is 1. The first-order chi connectivity index (χ1) is 6.99. The van der Waals surface area contributed by atoms with Gasteiger partial charge in [0.25, 0.3) is 0 Å². The summed E-state index contributed by atoms with van der Waals surface area (Å²) in [5.41, 5.74) is 1.05. The Morgan fingerprint density at radius 1 is 1.27 bits per heavy atom. The fourth-order valence-electron chi connectivity index (χ4n) is 1.32. The van der Waals surface area contributed by atoms with E-state index >= 15 is 0 Å². The van der Waals surface area contributed by atoms with Gasteiger partial charge in [-0.3, -0.25) is 9.59 Å². The standard InChI is InChI=1S/C11H12O4/c1-7(12)4-8-2-3-9(6-11(14)15)10(13)5-8/h2-3,5,13H,4,6H2,1H3,(H,14,15). The minimum atomic E-state index is -0.996. The van der Waals surface area contributed by atoms with E-state index in [1.165, 1.54) is 19.1 Å². The third-order valence-corrected chi connectivity index (χ3v) is 1.94. The molecule has 1 rings (SSSR count). The van der Waals surface area contributed by atoms with E-state index in [1.54, 1.807) is 6.07 Å². The van der Waals surface area contributed by atoms with E-state index < -0.39 is 5.97 Å². The Morgan fingerprint density at radius 2 is 1.93 bits per heavy atom. The van der Waals surface area contributed by atoms with E-state index in [4.69, 9.17) is 5.11 Å². The molecule has 4 nitrogen and oxygen atoms in total. The van der Waals surface area contributed by atoms with Gasteiger partial charge < -0.3 is 10.2 Å². The third-order valence-electron chi connectivity index (χ3n) is 1.94. The van der Waals surface area contributed by atoms with E-state index in [-0.39, 0.29) is 24.4 Å². The number of hydrogen-bond donors (Lipinski definition) is 2. The fraction of sp³-hybridized carbons (Fsp3) is 0.273. The van der Waals surface area contributed by atoms with Crippen molar-refractivity contribution in [2.24, 2.45) is 0 Å². The summed E-state index contributed by atoms with van der Waals surface area (Å²) in [6.45, 7) is 1.46. The highest BCUT2D eigenvalue weighted by Gasteiger charge is 2.07. The molecule has 0 aromatic heterocycles. The maximum atomic E-state index is 10.8. The monoisotopic (exact) mass is 208 g/mol. The summed E-state index contributed by atoms with van der Waals surface area (Å²) < 4.78 is 0. The van der Waals surface area contributed by atoms with Gasteiger partial charge in [0.2, 0.25) is 0 Å². The molecule has 0 amide bonds. The molecule has 2 N–H and O–H groups in total. The Morgan fingerprint density at radius 3 is 2.40 bits per heavy atom. The number of carbonyl (C=O) groups excluding carboxylic acids is 1. The third kappa shape index (κ3) is 3.42. The number of carboxylic acids is 1. The fourth-order valence-corrected chi connectivity index (χ4v) is 1.32. The zero-order valence-corrected chi connectivity index (χ0v) is 8.36. The maximum Gasteiger partial charge on any atom is 0.307 e. The molecule has 80 valence electrons. The molecule has 0 spiro atoms. The number of ketones is 1. The number of aliphatic carboxylic acids is 1. The van der Waals surface area contributed by atoms with Crippen molar-refractivity contribution in [1.29, 1.82) is 0 Å². The lowest BCUT2D eigenvalue weighted by Crippen LogP contribution is -2.01. The highest BCUT2D eigenvalue weighted by atomic mass is 16.4. The highest BCUT2D eigenvalue weighted by Crippen LogP contribution is 2.19. The van der Waals surface area contributed by atoms with Crippen LogP contribution in [0.5, 0.6) is 5.75 Å². The number of hydrogen-bond acceptors (Lipinski definition) is 3. The Bertz CT molecular complexity index is 396. The topological polar surface area (TPSA) is 74.6 Å². The van der Waals surface area contributed by atoms with E-state index in [9.17, 15) is 14.7 Å². The van der Waals surface area contributed by atoms with Crippen molar-refractivity contribution in [3.8, 4) is 5.75 Å². The number of aromatic hydroxyl groups is 1. The first-order valence-electron chi connectivity index (χ1n) is 4.51. The summed E-state index contributed by atoms with van der Waals surface area (Å²) in [5, 5.41) is 18.0. The average molecular weight is 208 g/mol. The normalized spacial score (nSPS) is 9.93. The van der Waals surface area contributed by atoms with Crippen LogP contribution in [0.25, 0.3) is 0 Å². The van der Waals surface area contributed by atoms with E-state index in [2.05, 4.69) is 0 Å². The number of rotatable bonds is 4. The lowest BCUT2D eigenvalue weighted by atomic mass is 10.0. The van der Waals surface area contributed by atoms with Gasteiger partial charge in [0.15, 0.2) is 0 Å². The van der Waals surface area contributed by atoms with Gasteiger partial charge in [-0.25, -0.2) is 0 Å². The van der Waals surface area contributed by atoms with Crippen molar-refractivity contribution in [2.75, 3.05) is 0 Å². The lowest BCUT2D eigenvalue weighted by Gasteiger charge is -2.04. The Labute approximate surface area is 87.2 Å². The second-order valence-corrected chi connectivity index (χ2v) is 3.41. The lowest BCUT2D eigenvalue weighted by molar-refractivity contribution is -0.136. The Hall–Kier alpha value is -1.84. The van der Waals surface area contributed by atoms with Crippen LogP contribution < -0.4 is 0 Å². The summed E-state index contributed by atoms with van der Waals surface area (Å²) in [4.78, 5) is 21.2. The molecule has 0 fully saturated rings. The smallest absolute Gasteiger partial charge is 0.307 e. The first-order valence-corrected chi connectivity index (χ1v) is 4.51. The molecule has 0 aliphatic carbocycles. The van der Waals surface area contributed by atoms with Gasteiger partial charge in [-0.2, -0.15) is 0 Å². The molecule has 0 saturated carbocycles. The molecular weight excluding hydrogens is 196 g/mol. The number of phenols is 1. The second kappa shape index (κ2) is 4.59. The maximum absolute atomic E-state index is 10.8. The van der Waals surface area contributed by atoms with Crippen LogP contribution in [0, 0.1) is 0 Å². The number of Topliss-reactive ketones (excluding diaryl/α,β-unsaturated/α-hetero) is 1. The zero-order chi connectivity index (χ0) is 11.4. The van der Waals surface area contributed by atoms with Crippen molar-refractivity contribution in [3.05, 3.63) is 29.3 Å². The van der Waals surface area contributed by atoms with Gasteiger partial charge in [0.05, 0.1) is 6.42 Å².